The van der Waals surface area contributed by atoms with Gasteiger partial charge in [-0.25, -0.2) is 0 Å². The lowest BCUT2D eigenvalue weighted by Crippen LogP contribution is -2.26. The molecule has 78 valence electrons. The summed E-state index contributed by atoms with van der Waals surface area (Å²) in [4.78, 5) is 11.8. The van der Waals surface area contributed by atoms with Gasteiger partial charge >= 0.3 is 0 Å². The Morgan fingerprint density at radius 3 is 2.93 bits per heavy atom. The number of benzene rings is 1. The van der Waals surface area contributed by atoms with Crippen molar-refractivity contribution in [3.8, 4) is 5.75 Å². The molecule has 1 aliphatic heterocycles. The van der Waals surface area contributed by atoms with Crippen molar-refractivity contribution in [3.05, 3.63) is 18.2 Å². The van der Waals surface area contributed by atoms with Gasteiger partial charge < -0.3 is 15.8 Å². The van der Waals surface area contributed by atoms with Gasteiger partial charge in [0.2, 0.25) is 5.91 Å². The fourth-order valence-corrected chi connectivity index (χ4v) is 1.83. The van der Waals surface area contributed by atoms with Crippen LogP contribution in [0.2, 0.25) is 0 Å². The van der Waals surface area contributed by atoms with Crippen molar-refractivity contribution in [3.63, 3.8) is 0 Å². The fraction of sp³-hybridized carbons (Fsp3) is 0.364. The molecule has 0 atom stereocenters. The molecular weight excluding hydrogens is 192 g/mol. The maximum absolute atomic E-state index is 11.8. The molecule has 1 saturated carbocycles. The van der Waals surface area contributed by atoms with E-state index in [9.17, 15) is 4.79 Å². The van der Waals surface area contributed by atoms with Crippen molar-refractivity contribution in [1.29, 1.82) is 0 Å². The van der Waals surface area contributed by atoms with Crippen LogP contribution in [0.4, 0.5) is 11.4 Å². The van der Waals surface area contributed by atoms with Crippen LogP contribution in [0.25, 0.3) is 0 Å². The molecule has 15 heavy (non-hydrogen) atoms. The zero-order valence-electron chi connectivity index (χ0n) is 8.25. The topological polar surface area (TPSA) is 64.3 Å². The summed E-state index contributed by atoms with van der Waals surface area (Å²) in [5, 5.41) is 2.87. The maximum Gasteiger partial charge on any atom is 0.234 e. The number of fused-ring (bicyclic) bond motifs is 1. The first kappa shape index (κ1) is 8.59. The predicted molar refractivity (Wildman–Crippen MR) is 56.6 cm³/mol. The van der Waals surface area contributed by atoms with E-state index < -0.39 is 0 Å². The lowest BCUT2D eigenvalue weighted by Gasteiger charge is -2.08. The van der Waals surface area contributed by atoms with Gasteiger partial charge in [0, 0.05) is 5.69 Å². The number of anilines is 2. The molecule has 3 N–H and O–H groups in total. The largest absolute Gasteiger partial charge is 0.490 e. The van der Waals surface area contributed by atoms with Crippen LogP contribution in [-0.4, -0.2) is 12.5 Å². The first-order valence-corrected chi connectivity index (χ1v) is 5.03. The summed E-state index contributed by atoms with van der Waals surface area (Å²) >= 11 is 0. The van der Waals surface area contributed by atoms with Gasteiger partial charge in [-0.1, -0.05) is 0 Å². The van der Waals surface area contributed by atoms with Crippen molar-refractivity contribution in [2.24, 2.45) is 5.41 Å². The van der Waals surface area contributed by atoms with Crippen molar-refractivity contribution >= 4 is 17.3 Å². The highest BCUT2D eigenvalue weighted by Crippen LogP contribution is 2.49. The van der Waals surface area contributed by atoms with Gasteiger partial charge in [-0.05, 0) is 31.0 Å². The zero-order valence-corrected chi connectivity index (χ0v) is 8.25. The minimum absolute atomic E-state index is 0.0619. The number of hydrogen-bond acceptors (Lipinski definition) is 3. The van der Waals surface area contributed by atoms with Crippen molar-refractivity contribution in [1.82, 2.24) is 0 Å². The molecule has 1 aromatic carbocycles. The number of nitrogens with two attached hydrogens (primary N) is 1. The number of amides is 1. The van der Waals surface area contributed by atoms with Gasteiger partial charge in [0.1, 0.15) is 12.4 Å². The first-order valence-electron chi connectivity index (χ1n) is 5.03. The number of nitrogens with one attached hydrogen (secondary N) is 1. The molecule has 3 rings (SSSR count). The molecular formula is C11H12N2O2. The summed E-state index contributed by atoms with van der Waals surface area (Å²) in [6.07, 6.45) is 1.84. The van der Waals surface area contributed by atoms with Crippen LogP contribution >= 0.6 is 0 Å². The lowest BCUT2D eigenvalue weighted by atomic mass is 10.1. The Bertz CT molecular complexity index is 438. The van der Waals surface area contributed by atoms with E-state index in [0.29, 0.717) is 23.7 Å². The second-order valence-electron chi connectivity index (χ2n) is 4.28. The highest BCUT2D eigenvalue weighted by atomic mass is 16.5. The molecule has 1 fully saturated rings. The highest BCUT2D eigenvalue weighted by molar-refractivity contribution is 5.99. The predicted octanol–water partition coefficient (Wildman–Crippen LogP) is 1.38. The van der Waals surface area contributed by atoms with Gasteiger partial charge in [0.25, 0.3) is 0 Å². The normalized spacial score (nSPS) is 21.2. The molecule has 4 heteroatoms. The van der Waals surface area contributed by atoms with E-state index in [1.165, 1.54) is 0 Å². The highest BCUT2D eigenvalue weighted by Gasteiger charge is 2.52. The molecule has 1 aliphatic carbocycles. The molecule has 0 radical (unpaired) electrons. The minimum atomic E-state index is -0.270. The summed E-state index contributed by atoms with van der Waals surface area (Å²) in [6.45, 7) is 0.482. The van der Waals surface area contributed by atoms with E-state index in [4.69, 9.17) is 10.5 Å². The standard InChI is InChI=1S/C11H12N2O2/c12-7-1-2-9-8(5-7)13-10(14)11(3-4-11)6-15-9/h1-2,5H,3-4,6,12H2,(H,13,14). The van der Waals surface area contributed by atoms with Crippen LogP contribution in [0.5, 0.6) is 5.75 Å². The Hall–Kier alpha value is -1.71. The van der Waals surface area contributed by atoms with Crippen molar-refractivity contribution in [2.45, 2.75) is 12.8 Å². The van der Waals surface area contributed by atoms with E-state index in [0.717, 1.165) is 12.8 Å². The number of carbonyl (C=O) groups is 1. The summed E-state index contributed by atoms with van der Waals surface area (Å²) in [5.41, 5.74) is 6.70. The van der Waals surface area contributed by atoms with E-state index in [1.54, 1.807) is 18.2 Å². The third-order valence-electron chi connectivity index (χ3n) is 3.09. The average molecular weight is 204 g/mol. The van der Waals surface area contributed by atoms with Gasteiger partial charge in [0.05, 0.1) is 11.1 Å². The van der Waals surface area contributed by atoms with Crippen molar-refractivity contribution < 1.29 is 9.53 Å². The quantitative estimate of drug-likeness (QED) is 0.627. The van der Waals surface area contributed by atoms with Crippen LogP contribution < -0.4 is 15.8 Å². The van der Waals surface area contributed by atoms with E-state index in [-0.39, 0.29) is 11.3 Å². The summed E-state index contributed by atoms with van der Waals surface area (Å²) in [6, 6.07) is 5.30. The Morgan fingerprint density at radius 2 is 2.20 bits per heavy atom. The Morgan fingerprint density at radius 1 is 1.40 bits per heavy atom. The van der Waals surface area contributed by atoms with Crippen LogP contribution in [0.3, 0.4) is 0 Å². The fourth-order valence-electron chi connectivity index (χ4n) is 1.83. The molecule has 0 saturated heterocycles. The molecule has 2 aliphatic rings. The van der Waals surface area contributed by atoms with Crippen molar-refractivity contribution in [2.75, 3.05) is 17.7 Å². The average Bonchev–Trinajstić information content (AvgIpc) is 2.98. The number of carbonyl (C=O) groups excluding carboxylic acids is 1. The van der Waals surface area contributed by atoms with Crippen LogP contribution in [0.1, 0.15) is 12.8 Å². The Labute approximate surface area is 87.4 Å². The van der Waals surface area contributed by atoms with Crippen LogP contribution in [0, 0.1) is 5.41 Å². The zero-order chi connectivity index (χ0) is 10.5. The third-order valence-corrected chi connectivity index (χ3v) is 3.09. The molecule has 1 aromatic rings. The van der Waals surface area contributed by atoms with E-state index >= 15 is 0 Å². The van der Waals surface area contributed by atoms with Crippen LogP contribution in [-0.2, 0) is 4.79 Å². The lowest BCUT2D eigenvalue weighted by molar-refractivity contribution is -0.121. The first-order chi connectivity index (χ1) is 7.20. The van der Waals surface area contributed by atoms with Gasteiger partial charge in [-0.3, -0.25) is 4.79 Å². The second kappa shape index (κ2) is 2.66. The van der Waals surface area contributed by atoms with Gasteiger partial charge in [-0.2, -0.15) is 0 Å². The number of ether oxygens (including phenoxy) is 1. The molecule has 1 spiro atoms. The number of rotatable bonds is 0. The SMILES string of the molecule is Nc1ccc2c(c1)NC(=O)C1(CC1)CO2. The smallest absolute Gasteiger partial charge is 0.234 e. The maximum atomic E-state index is 11.8. The molecule has 0 bridgehead atoms. The molecule has 0 aromatic heterocycles. The molecule has 4 nitrogen and oxygen atoms in total. The molecule has 0 unspecified atom stereocenters. The third kappa shape index (κ3) is 1.25. The Balaban J connectivity index is 2.00. The number of hydrogen-bond donors (Lipinski definition) is 2. The summed E-state index contributed by atoms with van der Waals surface area (Å²) < 4.78 is 5.61. The number of nitrogen functional groups attached to an aromatic ring is 1. The monoisotopic (exact) mass is 204 g/mol. The van der Waals surface area contributed by atoms with Gasteiger partial charge in [0.15, 0.2) is 0 Å². The Kier molecular flexibility index (Phi) is 1.52. The van der Waals surface area contributed by atoms with E-state index in [2.05, 4.69) is 5.32 Å². The second-order valence-corrected chi connectivity index (χ2v) is 4.28. The summed E-state index contributed by atoms with van der Waals surface area (Å²) in [7, 11) is 0. The molecule has 1 heterocycles. The van der Waals surface area contributed by atoms with E-state index in [1.807, 2.05) is 0 Å². The molecule has 1 amide bonds. The van der Waals surface area contributed by atoms with Gasteiger partial charge in [-0.15, -0.1) is 0 Å². The van der Waals surface area contributed by atoms with Crippen LogP contribution in [0.15, 0.2) is 18.2 Å². The minimum Gasteiger partial charge on any atom is -0.490 e. The summed E-state index contributed by atoms with van der Waals surface area (Å²) in [5.74, 6) is 0.771.